The molecule has 19 heavy (non-hydrogen) atoms. The fraction of sp³-hybridized carbons (Fsp3) is 0.500. The highest BCUT2D eigenvalue weighted by Gasteiger charge is 2.41. The molecular formula is C14H15BrFN3. The molecule has 5 heteroatoms. The molecule has 2 aliphatic rings. The van der Waals surface area contributed by atoms with Crippen molar-refractivity contribution >= 4 is 32.9 Å². The maximum absolute atomic E-state index is 13.2. The number of H-pyrrole nitrogens is 1. The van der Waals surface area contributed by atoms with E-state index in [1.165, 1.54) is 37.8 Å². The Morgan fingerprint density at radius 1 is 1.26 bits per heavy atom. The van der Waals surface area contributed by atoms with E-state index in [1.54, 1.807) is 6.07 Å². The number of imidazole rings is 1. The van der Waals surface area contributed by atoms with Crippen LogP contribution in [0.1, 0.15) is 25.7 Å². The Morgan fingerprint density at radius 2 is 2.00 bits per heavy atom. The van der Waals surface area contributed by atoms with Crippen LogP contribution >= 0.6 is 15.9 Å². The number of benzene rings is 1. The summed E-state index contributed by atoms with van der Waals surface area (Å²) < 4.78 is 13.2. The molecule has 1 N–H and O–H groups in total. The number of fused-ring (bicyclic) bond motifs is 3. The fourth-order valence-electron chi connectivity index (χ4n) is 3.55. The number of hydrogen-bond acceptors (Lipinski definition) is 2. The number of aromatic nitrogens is 2. The zero-order valence-electron chi connectivity index (χ0n) is 10.4. The Bertz CT molecular complexity index is 612. The van der Waals surface area contributed by atoms with E-state index >= 15 is 0 Å². The van der Waals surface area contributed by atoms with Crippen LogP contribution in [-0.4, -0.2) is 26.9 Å². The lowest BCUT2D eigenvalue weighted by atomic mass is 10.0. The highest BCUT2D eigenvalue weighted by Crippen LogP contribution is 2.40. The highest BCUT2D eigenvalue weighted by atomic mass is 79.9. The van der Waals surface area contributed by atoms with E-state index in [2.05, 4.69) is 30.8 Å². The Hall–Kier alpha value is -1.10. The second-order valence-corrected chi connectivity index (χ2v) is 6.88. The summed E-state index contributed by atoms with van der Waals surface area (Å²) in [5, 5.41) is 0. The number of nitrogens with zero attached hydrogens (tertiary/aromatic N) is 2. The summed E-state index contributed by atoms with van der Waals surface area (Å²) in [6.07, 6.45) is 4.81. The summed E-state index contributed by atoms with van der Waals surface area (Å²) in [7, 11) is 0. The van der Waals surface area contributed by atoms with Crippen molar-refractivity contribution in [1.82, 2.24) is 9.97 Å². The number of alkyl halides is 1. The van der Waals surface area contributed by atoms with E-state index in [1.807, 2.05) is 0 Å². The van der Waals surface area contributed by atoms with Gasteiger partial charge in [-0.05, 0) is 43.9 Å². The third-order valence-electron chi connectivity index (χ3n) is 4.35. The van der Waals surface area contributed by atoms with Crippen LogP contribution < -0.4 is 4.90 Å². The van der Waals surface area contributed by atoms with Crippen LogP contribution in [0.3, 0.4) is 0 Å². The van der Waals surface area contributed by atoms with Crippen LogP contribution in [0.15, 0.2) is 18.2 Å². The standard InChI is InChI=1S/C14H15BrFN3/c15-8-5-10-2-3-11(6-8)19(10)14-17-12-4-1-9(16)7-13(12)18-14/h1,4,7-8,10-11H,2-3,5-6H2,(H,17,18). The molecule has 1 aromatic carbocycles. The minimum Gasteiger partial charge on any atom is -0.336 e. The summed E-state index contributed by atoms with van der Waals surface area (Å²) in [4.78, 5) is 11.0. The molecule has 1 aromatic heterocycles. The number of piperidine rings is 1. The number of rotatable bonds is 1. The second-order valence-electron chi connectivity index (χ2n) is 5.58. The largest absolute Gasteiger partial charge is 0.336 e. The fourth-order valence-corrected chi connectivity index (χ4v) is 4.41. The number of hydrogen-bond donors (Lipinski definition) is 1. The van der Waals surface area contributed by atoms with Crippen molar-refractivity contribution in [3.8, 4) is 0 Å². The van der Waals surface area contributed by atoms with Crippen molar-refractivity contribution < 1.29 is 4.39 Å². The van der Waals surface area contributed by atoms with Crippen molar-refractivity contribution in [3.63, 3.8) is 0 Å². The predicted octanol–water partition coefficient (Wildman–Crippen LogP) is 3.60. The quantitative estimate of drug-likeness (QED) is 0.813. The van der Waals surface area contributed by atoms with Gasteiger partial charge < -0.3 is 9.88 Å². The number of anilines is 1. The predicted molar refractivity (Wildman–Crippen MR) is 77.3 cm³/mol. The molecule has 2 bridgehead atoms. The number of halogens is 2. The maximum Gasteiger partial charge on any atom is 0.204 e. The molecule has 2 fully saturated rings. The lowest BCUT2D eigenvalue weighted by molar-refractivity contribution is 0.476. The molecule has 4 rings (SSSR count). The SMILES string of the molecule is Fc1ccc2nc(N3C4CCC3CC(Br)C4)[nH]c2c1. The molecule has 2 aliphatic heterocycles. The molecule has 0 aliphatic carbocycles. The van der Waals surface area contributed by atoms with Crippen LogP contribution in [0.25, 0.3) is 11.0 Å². The lowest BCUT2D eigenvalue weighted by Crippen LogP contribution is -2.43. The molecular weight excluding hydrogens is 309 g/mol. The monoisotopic (exact) mass is 323 g/mol. The molecule has 0 radical (unpaired) electrons. The molecule has 100 valence electrons. The average Bonchev–Trinajstić information content (AvgIpc) is 2.88. The summed E-state index contributed by atoms with van der Waals surface area (Å²) in [6, 6.07) is 5.85. The van der Waals surface area contributed by atoms with E-state index in [4.69, 9.17) is 0 Å². The molecule has 2 saturated heterocycles. The number of nitrogens with one attached hydrogen (secondary N) is 1. The third-order valence-corrected chi connectivity index (χ3v) is 5.10. The zero-order valence-corrected chi connectivity index (χ0v) is 12.0. The van der Waals surface area contributed by atoms with Gasteiger partial charge in [-0.25, -0.2) is 9.37 Å². The molecule has 3 heterocycles. The van der Waals surface area contributed by atoms with Gasteiger partial charge in [-0.3, -0.25) is 0 Å². The Labute approximate surface area is 119 Å². The van der Waals surface area contributed by atoms with Crippen LogP contribution in [-0.2, 0) is 0 Å². The Kier molecular flexibility index (Phi) is 2.59. The lowest BCUT2D eigenvalue weighted by Gasteiger charge is -2.36. The number of aromatic amines is 1. The first-order valence-corrected chi connectivity index (χ1v) is 7.70. The smallest absolute Gasteiger partial charge is 0.204 e. The Morgan fingerprint density at radius 3 is 2.74 bits per heavy atom. The van der Waals surface area contributed by atoms with Crippen molar-refractivity contribution in [2.24, 2.45) is 0 Å². The van der Waals surface area contributed by atoms with E-state index < -0.39 is 0 Å². The van der Waals surface area contributed by atoms with Gasteiger partial charge in [-0.2, -0.15) is 0 Å². The van der Waals surface area contributed by atoms with Gasteiger partial charge in [0, 0.05) is 16.9 Å². The van der Waals surface area contributed by atoms with Gasteiger partial charge in [0.1, 0.15) is 5.82 Å². The highest BCUT2D eigenvalue weighted by molar-refractivity contribution is 9.09. The maximum atomic E-state index is 13.2. The summed E-state index contributed by atoms with van der Waals surface area (Å²) in [6.45, 7) is 0. The minimum atomic E-state index is -0.218. The first kappa shape index (κ1) is 11.7. The van der Waals surface area contributed by atoms with E-state index in [-0.39, 0.29) is 5.82 Å². The molecule has 2 unspecified atom stereocenters. The average molecular weight is 324 g/mol. The summed E-state index contributed by atoms with van der Waals surface area (Å²) >= 11 is 3.75. The molecule has 2 atom stereocenters. The van der Waals surface area contributed by atoms with Gasteiger partial charge in [-0.15, -0.1) is 0 Å². The summed E-state index contributed by atoms with van der Waals surface area (Å²) in [5.74, 6) is 0.692. The first-order chi connectivity index (χ1) is 9.20. The first-order valence-electron chi connectivity index (χ1n) is 6.78. The van der Waals surface area contributed by atoms with Gasteiger partial charge in [-0.1, -0.05) is 15.9 Å². The van der Waals surface area contributed by atoms with Gasteiger partial charge in [0.2, 0.25) is 5.95 Å². The molecule has 0 amide bonds. The normalized spacial score (nSPS) is 30.2. The molecule has 2 aromatic rings. The van der Waals surface area contributed by atoms with Gasteiger partial charge in [0.25, 0.3) is 0 Å². The van der Waals surface area contributed by atoms with Gasteiger partial charge in [0.15, 0.2) is 0 Å². The van der Waals surface area contributed by atoms with Crippen LogP contribution in [0.4, 0.5) is 10.3 Å². The molecule has 0 saturated carbocycles. The second kappa shape index (κ2) is 4.20. The van der Waals surface area contributed by atoms with Crippen molar-refractivity contribution in [1.29, 1.82) is 0 Å². The van der Waals surface area contributed by atoms with E-state index in [0.717, 1.165) is 17.0 Å². The van der Waals surface area contributed by atoms with E-state index in [0.29, 0.717) is 16.9 Å². The van der Waals surface area contributed by atoms with Crippen molar-refractivity contribution in [3.05, 3.63) is 24.0 Å². The Balaban J connectivity index is 1.74. The van der Waals surface area contributed by atoms with E-state index in [9.17, 15) is 4.39 Å². The molecule has 0 spiro atoms. The molecule has 3 nitrogen and oxygen atoms in total. The van der Waals surface area contributed by atoms with Crippen molar-refractivity contribution in [2.75, 3.05) is 4.90 Å². The van der Waals surface area contributed by atoms with Crippen LogP contribution in [0.5, 0.6) is 0 Å². The van der Waals surface area contributed by atoms with Gasteiger partial charge >= 0.3 is 0 Å². The van der Waals surface area contributed by atoms with Crippen LogP contribution in [0, 0.1) is 5.82 Å². The van der Waals surface area contributed by atoms with Gasteiger partial charge in [0.05, 0.1) is 11.0 Å². The topological polar surface area (TPSA) is 31.9 Å². The van der Waals surface area contributed by atoms with Crippen LogP contribution in [0.2, 0.25) is 0 Å². The third kappa shape index (κ3) is 1.86. The summed E-state index contributed by atoms with van der Waals surface area (Å²) in [5.41, 5.74) is 1.63. The van der Waals surface area contributed by atoms with Crippen molar-refractivity contribution in [2.45, 2.75) is 42.6 Å². The minimum absolute atomic E-state index is 0.218. The zero-order chi connectivity index (χ0) is 13.0.